The van der Waals surface area contributed by atoms with Gasteiger partial charge in [-0.1, -0.05) is 61.4 Å². The second-order valence-corrected chi connectivity index (χ2v) is 13.8. The minimum Gasteiger partial charge on any atom is -0.393 e. The van der Waals surface area contributed by atoms with Crippen molar-refractivity contribution >= 4 is 9.84 Å². The molecular weight excluding hydrogens is 416 g/mol. The van der Waals surface area contributed by atoms with Gasteiger partial charge in [0.2, 0.25) is 0 Å². The van der Waals surface area contributed by atoms with Gasteiger partial charge in [-0.3, -0.25) is 0 Å². The quantitative estimate of drug-likeness (QED) is 0.467. The zero-order chi connectivity index (χ0) is 23.7. The SMILES string of the molecule is C=C1CCC(O)CC1=CC=C1CC[C@H](C)C2C(C(C)CC=CS(=O)(=O)C(C)(C)C)=CCC12. The van der Waals surface area contributed by atoms with E-state index in [1.165, 1.54) is 34.1 Å². The number of aliphatic hydroxyl groups is 1. The van der Waals surface area contributed by atoms with E-state index in [0.29, 0.717) is 23.7 Å². The fourth-order valence-electron chi connectivity index (χ4n) is 5.50. The van der Waals surface area contributed by atoms with E-state index < -0.39 is 14.6 Å². The van der Waals surface area contributed by atoms with Gasteiger partial charge in [0.1, 0.15) is 0 Å². The molecule has 0 heterocycles. The summed E-state index contributed by atoms with van der Waals surface area (Å²) in [5.74, 6) is 2.10. The van der Waals surface area contributed by atoms with E-state index in [0.717, 1.165) is 38.5 Å². The molecule has 0 aliphatic heterocycles. The molecule has 3 rings (SSSR count). The van der Waals surface area contributed by atoms with Crippen molar-refractivity contribution in [3.63, 3.8) is 0 Å². The highest BCUT2D eigenvalue weighted by Crippen LogP contribution is 2.50. The largest absolute Gasteiger partial charge is 0.393 e. The van der Waals surface area contributed by atoms with Crippen LogP contribution >= 0.6 is 0 Å². The van der Waals surface area contributed by atoms with Crippen molar-refractivity contribution in [2.45, 2.75) is 90.4 Å². The Balaban J connectivity index is 1.71. The maximum atomic E-state index is 12.4. The maximum absolute atomic E-state index is 12.4. The molecule has 1 N–H and O–H groups in total. The molecule has 2 saturated carbocycles. The van der Waals surface area contributed by atoms with Crippen molar-refractivity contribution in [2.24, 2.45) is 23.7 Å². The molecule has 32 heavy (non-hydrogen) atoms. The third-order valence-electron chi connectivity index (χ3n) is 7.78. The van der Waals surface area contributed by atoms with Crippen molar-refractivity contribution in [1.29, 1.82) is 0 Å². The third-order valence-corrected chi connectivity index (χ3v) is 10.0. The van der Waals surface area contributed by atoms with Gasteiger partial charge in [-0.2, -0.15) is 0 Å². The molecule has 4 heteroatoms. The molecule has 4 unspecified atom stereocenters. The van der Waals surface area contributed by atoms with E-state index in [4.69, 9.17) is 0 Å². The lowest BCUT2D eigenvalue weighted by Crippen LogP contribution is -2.28. The summed E-state index contributed by atoms with van der Waals surface area (Å²) in [7, 11) is -3.23. The lowest BCUT2D eigenvalue weighted by molar-refractivity contribution is 0.158. The van der Waals surface area contributed by atoms with E-state index in [2.05, 4.69) is 38.7 Å². The molecule has 5 atom stereocenters. The Bertz CT molecular complexity index is 940. The number of sulfone groups is 1. The van der Waals surface area contributed by atoms with Gasteiger partial charge in [-0.15, -0.1) is 0 Å². The Morgan fingerprint density at radius 3 is 2.62 bits per heavy atom. The first-order chi connectivity index (χ1) is 14.9. The van der Waals surface area contributed by atoms with Gasteiger partial charge in [0.25, 0.3) is 0 Å². The van der Waals surface area contributed by atoms with E-state index >= 15 is 0 Å². The number of rotatable bonds is 5. The predicted molar refractivity (Wildman–Crippen MR) is 135 cm³/mol. The molecule has 3 aliphatic rings. The summed E-state index contributed by atoms with van der Waals surface area (Å²) < 4.78 is 24.0. The van der Waals surface area contributed by atoms with Crippen LogP contribution in [-0.2, 0) is 9.84 Å². The summed E-state index contributed by atoms with van der Waals surface area (Å²) >= 11 is 0. The number of hydrogen-bond donors (Lipinski definition) is 1. The van der Waals surface area contributed by atoms with Crippen LogP contribution in [0.3, 0.4) is 0 Å². The van der Waals surface area contributed by atoms with Crippen molar-refractivity contribution in [2.75, 3.05) is 0 Å². The molecule has 0 aromatic rings. The van der Waals surface area contributed by atoms with E-state index in [-0.39, 0.29) is 6.10 Å². The molecule has 0 spiro atoms. The molecule has 3 aliphatic carbocycles. The van der Waals surface area contributed by atoms with Gasteiger partial charge < -0.3 is 5.11 Å². The monoisotopic (exact) mass is 458 g/mol. The van der Waals surface area contributed by atoms with Gasteiger partial charge in [0.15, 0.2) is 9.84 Å². The molecule has 0 radical (unpaired) electrons. The number of aliphatic hydroxyl groups excluding tert-OH is 1. The highest BCUT2D eigenvalue weighted by molar-refractivity contribution is 7.95. The van der Waals surface area contributed by atoms with E-state index in [9.17, 15) is 13.5 Å². The van der Waals surface area contributed by atoms with Gasteiger partial charge in [0.05, 0.1) is 10.9 Å². The van der Waals surface area contributed by atoms with Gasteiger partial charge in [-0.25, -0.2) is 8.42 Å². The summed E-state index contributed by atoms with van der Waals surface area (Å²) in [6.45, 7) is 14.1. The summed E-state index contributed by atoms with van der Waals surface area (Å²) in [6, 6.07) is 0. The lowest BCUT2D eigenvalue weighted by atomic mass is 9.67. The van der Waals surface area contributed by atoms with Gasteiger partial charge in [-0.05, 0) is 95.0 Å². The normalized spacial score (nSPS) is 33.1. The van der Waals surface area contributed by atoms with Gasteiger partial charge >= 0.3 is 0 Å². The molecule has 178 valence electrons. The first-order valence-corrected chi connectivity index (χ1v) is 13.8. The van der Waals surface area contributed by atoms with E-state index in [1.807, 2.05) is 6.08 Å². The zero-order valence-corrected chi connectivity index (χ0v) is 21.4. The molecular formula is C28H42O3S. The van der Waals surface area contributed by atoms with Crippen LogP contribution in [-0.4, -0.2) is 24.4 Å². The van der Waals surface area contributed by atoms with Crippen LogP contribution < -0.4 is 0 Å². The summed E-state index contributed by atoms with van der Waals surface area (Å²) in [4.78, 5) is 0. The third kappa shape index (κ3) is 5.56. The molecule has 0 amide bonds. The standard InChI is InChI=1S/C28H42O3S/c1-19-10-14-24(29)18-23(19)13-12-22-11-9-21(3)27-25(15-16-26(22)27)20(2)8-7-17-32(30,31)28(4,5)6/h7,12-13,15,17,20-21,24,26-27,29H,1,8-11,14,16,18H2,2-6H3/t20?,21-,24?,26?,27?/m0/s1. The average molecular weight is 459 g/mol. The van der Waals surface area contributed by atoms with Gasteiger partial charge in [0, 0.05) is 5.41 Å². The smallest absolute Gasteiger partial charge is 0.176 e. The van der Waals surface area contributed by atoms with E-state index in [1.54, 1.807) is 20.8 Å². The molecule has 0 saturated heterocycles. The Kier molecular flexibility index (Phi) is 7.77. The molecule has 2 fully saturated rings. The van der Waals surface area contributed by atoms with Crippen LogP contribution in [0.25, 0.3) is 0 Å². The zero-order valence-electron chi connectivity index (χ0n) is 20.6. The fraction of sp³-hybridized carbons (Fsp3) is 0.643. The highest BCUT2D eigenvalue weighted by Gasteiger charge is 2.40. The van der Waals surface area contributed by atoms with Crippen molar-refractivity contribution in [3.8, 4) is 0 Å². The van der Waals surface area contributed by atoms with Crippen LogP contribution in [0.4, 0.5) is 0 Å². The Hall–Kier alpha value is -1.39. The van der Waals surface area contributed by atoms with Crippen LogP contribution in [0.15, 0.2) is 58.6 Å². The average Bonchev–Trinajstić information content (AvgIpc) is 3.15. The molecule has 3 nitrogen and oxygen atoms in total. The molecule has 0 bridgehead atoms. The van der Waals surface area contributed by atoms with Crippen molar-refractivity contribution in [3.05, 3.63) is 58.6 Å². The number of hydrogen-bond acceptors (Lipinski definition) is 3. The van der Waals surface area contributed by atoms with Crippen LogP contribution in [0.1, 0.15) is 79.6 Å². The highest BCUT2D eigenvalue weighted by atomic mass is 32.2. The Morgan fingerprint density at radius 2 is 1.94 bits per heavy atom. The minimum absolute atomic E-state index is 0.236. The number of fused-ring (bicyclic) bond motifs is 1. The lowest BCUT2D eigenvalue weighted by Gasteiger charge is -2.37. The Labute approximate surface area is 196 Å². The molecule has 0 aromatic heterocycles. The summed E-state index contributed by atoms with van der Waals surface area (Å²) in [6.07, 6.45) is 15.2. The van der Waals surface area contributed by atoms with Crippen LogP contribution in [0, 0.1) is 23.7 Å². The van der Waals surface area contributed by atoms with Crippen LogP contribution in [0.5, 0.6) is 0 Å². The topological polar surface area (TPSA) is 54.4 Å². The summed E-state index contributed by atoms with van der Waals surface area (Å²) in [5, 5.41) is 11.4. The number of allylic oxidation sites excluding steroid dienone is 7. The predicted octanol–water partition coefficient (Wildman–Crippen LogP) is 6.69. The Morgan fingerprint density at radius 1 is 1.22 bits per heavy atom. The first-order valence-electron chi connectivity index (χ1n) is 12.3. The maximum Gasteiger partial charge on any atom is 0.176 e. The summed E-state index contributed by atoms with van der Waals surface area (Å²) in [5.41, 5.74) is 5.41. The molecule has 0 aromatic carbocycles. The fourth-order valence-corrected chi connectivity index (χ4v) is 6.28. The first kappa shape index (κ1) is 25.2. The minimum atomic E-state index is -3.23. The van der Waals surface area contributed by atoms with Crippen LogP contribution in [0.2, 0.25) is 0 Å². The van der Waals surface area contributed by atoms with Crippen molar-refractivity contribution < 1.29 is 13.5 Å². The second kappa shape index (κ2) is 9.85. The van der Waals surface area contributed by atoms with Crippen molar-refractivity contribution in [1.82, 2.24) is 0 Å². The second-order valence-electron chi connectivity index (χ2n) is 11.2.